The number of phenols is 1. The van der Waals surface area contributed by atoms with Gasteiger partial charge in [-0.3, -0.25) is 0 Å². The van der Waals surface area contributed by atoms with E-state index in [2.05, 4.69) is 44.0 Å². The van der Waals surface area contributed by atoms with E-state index in [1.54, 1.807) is 38.6 Å². The fourth-order valence-electron chi connectivity index (χ4n) is 3.32. The first-order chi connectivity index (χ1) is 14.5. The number of methoxy groups -OCH3 is 1. The third-order valence-corrected chi connectivity index (χ3v) is 5.05. The summed E-state index contributed by atoms with van der Waals surface area (Å²) in [7, 11) is 1.59. The van der Waals surface area contributed by atoms with Crippen molar-refractivity contribution in [3.8, 4) is 11.5 Å². The Kier molecular flexibility index (Phi) is 6.94. The number of anilines is 2. The third-order valence-electron chi connectivity index (χ3n) is 5.05. The van der Waals surface area contributed by atoms with Crippen LogP contribution >= 0.6 is 0 Å². The second-order valence-electron chi connectivity index (χ2n) is 7.27. The monoisotopic (exact) mass is 414 g/mol. The molecular weight excluding hydrogens is 384 g/mol. The quantitative estimate of drug-likeness (QED) is 0.399. The molecule has 0 saturated heterocycles. The van der Waals surface area contributed by atoms with Gasteiger partial charge in [-0.05, 0) is 38.0 Å². The van der Waals surface area contributed by atoms with Crippen molar-refractivity contribution in [3.05, 3.63) is 30.1 Å². The molecule has 0 fully saturated rings. The third kappa shape index (κ3) is 4.73. The van der Waals surface area contributed by atoms with Gasteiger partial charge in [-0.1, -0.05) is 13.8 Å². The van der Waals surface area contributed by atoms with Crippen LogP contribution in [0.4, 0.5) is 11.8 Å². The number of nitrogens with one attached hydrogen (secondary N) is 2. The number of hydrogen-bond donors (Lipinski definition) is 4. The number of aliphatic hydroxyl groups is 1. The predicted octanol–water partition coefficient (Wildman–Crippen LogP) is 3.31. The van der Waals surface area contributed by atoms with E-state index in [-0.39, 0.29) is 11.8 Å². The van der Waals surface area contributed by atoms with Crippen molar-refractivity contribution < 1.29 is 14.9 Å². The van der Waals surface area contributed by atoms with Gasteiger partial charge in [-0.15, -0.1) is 0 Å². The van der Waals surface area contributed by atoms with Gasteiger partial charge in [0.2, 0.25) is 5.95 Å². The predicted molar refractivity (Wildman–Crippen MR) is 117 cm³/mol. The molecule has 30 heavy (non-hydrogen) atoms. The highest BCUT2D eigenvalue weighted by molar-refractivity contribution is 5.84. The second-order valence-corrected chi connectivity index (χ2v) is 7.27. The summed E-state index contributed by atoms with van der Waals surface area (Å²) >= 11 is 0. The number of benzene rings is 1. The molecule has 0 amide bonds. The summed E-state index contributed by atoms with van der Waals surface area (Å²) in [6.45, 7) is 6.64. The smallest absolute Gasteiger partial charge is 0.226 e. The molecule has 1 unspecified atom stereocenters. The lowest BCUT2D eigenvalue weighted by atomic mass is 10.2. The van der Waals surface area contributed by atoms with E-state index >= 15 is 0 Å². The summed E-state index contributed by atoms with van der Waals surface area (Å²) in [5.41, 5.74) is 2.06. The molecular formula is C21H30N6O3. The van der Waals surface area contributed by atoms with Crippen molar-refractivity contribution in [2.75, 3.05) is 24.3 Å². The Morgan fingerprint density at radius 1 is 1.17 bits per heavy atom. The maximum atomic E-state index is 10.2. The molecule has 0 bridgehead atoms. The zero-order valence-corrected chi connectivity index (χ0v) is 17.9. The highest BCUT2D eigenvalue weighted by Crippen LogP contribution is 2.28. The van der Waals surface area contributed by atoms with Crippen LogP contribution in [0.1, 0.15) is 45.2 Å². The average molecular weight is 415 g/mol. The molecule has 4 N–H and O–H groups in total. The molecule has 0 aliphatic carbocycles. The highest BCUT2D eigenvalue weighted by atomic mass is 16.5. The normalized spacial score (nSPS) is 12.3. The first kappa shape index (κ1) is 21.6. The molecule has 0 saturated carbocycles. The first-order valence-corrected chi connectivity index (χ1v) is 10.2. The topological polar surface area (TPSA) is 117 Å². The number of aliphatic hydroxyl groups excluding tert-OH is 1. The number of imidazole rings is 1. The molecule has 0 radical (unpaired) electrons. The van der Waals surface area contributed by atoms with E-state index in [9.17, 15) is 10.2 Å². The van der Waals surface area contributed by atoms with Gasteiger partial charge in [0.15, 0.2) is 17.0 Å². The van der Waals surface area contributed by atoms with Gasteiger partial charge in [0, 0.05) is 24.7 Å². The van der Waals surface area contributed by atoms with Gasteiger partial charge in [0.1, 0.15) is 11.5 Å². The Balaban J connectivity index is 1.97. The fourth-order valence-corrected chi connectivity index (χ4v) is 3.32. The Morgan fingerprint density at radius 2 is 1.93 bits per heavy atom. The van der Waals surface area contributed by atoms with Gasteiger partial charge < -0.3 is 30.2 Å². The summed E-state index contributed by atoms with van der Waals surface area (Å²) in [4.78, 5) is 13.7. The Labute approximate surface area is 176 Å². The van der Waals surface area contributed by atoms with Crippen LogP contribution in [0.5, 0.6) is 11.5 Å². The van der Waals surface area contributed by atoms with E-state index in [1.165, 1.54) is 0 Å². The van der Waals surface area contributed by atoms with Crippen LogP contribution in [0.25, 0.3) is 11.2 Å². The van der Waals surface area contributed by atoms with Crippen LogP contribution in [0.2, 0.25) is 0 Å². The summed E-state index contributed by atoms with van der Waals surface area (Å²) < 4.78 is 7.31. The first-order valence-electron chi connectivity index (χ1n) is 10.2. The molecule has 0 aliphatic rings. The van der Waals surface area contributed by atoms with Crippen molar-refractivity contribution in [1.29, 1.82) is 0 Å². The molecule has 0 spiro atoms. The molecule has 2 heterocycles. The van der Waals surface area contributed by atoms with E-state index in [0.29, 0.717) is 41.7 Å². The summed E-state index contributed by atoms with van der Waals surface area (Å²) in [5.74, 6) is 1.80. The average Bonchev–Trinajstić information content (AvgIpc) is 3.16. The zero-order valence-electron chi connectivity index (χ0n) is 17.9. The summed E-state index contributed by atoms with van der Waals surface area (Å²) in [6, 6.07) is 5.36. The lowest BCUT2D eigenvalue weighted by molar-refractivity contribution is 0.208. The number of aromatic hydroxyl groups is 1. The van der Waals surface area contributed by atoms with Crippen molar-refractivity contribution in [1.82, 2.24) is 19.5 Å². The summed E-state index contributed by atoms with van der Waals surface area (Å²) in [5, 5.41) is 26.1. The molecule has 162 valence electrons. The van der Waals surface area contributed by atoms with Gasteiger partial charge in [0.05, 0.1) is 19.5 Å². The van der Waals surface area contributed by atoms with E-state index < -0.39 is 6.10 Å². The Hall–Kier alpha value is -3.07. The van der Waals surface area contributed by atoms with Crippen molar-refractivity contribution in [2.45, 2.75) is 52.3 Å². The molecule has 1 aromatic carbocycles. The van der Waals surface area contributed by atoms with Crippen molar-refractivity contribution >= 4 is 22.9 Å². The van der Waals surface area contributed by atoms with Crippen molar-refractivity contribution in [2.24, 2.45) is 0 Å². The molecule has 0 aliphatic heterocycles. The molecule has 2 aromatic heterocycles. The molecule has 1 atom stereocenters. The minimum atomic E-state index is -0.529. The van der Waals surface area contributed by atoms with Crippen LogP contribution in [0.15, 0.2) is 24.5 Å². The van der Waals surface area contributed by atoms with Crippen LogP contribution in [0, 0.1) is 0 Å². The van der Waals surface area contributed by atoms with E-state index in [1.807, 2.05) is 0 Å². The van der Waals surface area contributed by atoms with Crippen molar-refractivity contribution in [3.63, 3.8) is 0 Å². The number of fused-ring (bicyclic) bond motifs is 1. The number of nitrogens with zero attached hydrogens (tertiary/aromatic N) is 4. The van der Waals surface area contributed by atoms with Gasteiger partial charge in [0.25, 0.3) is 0 Å². The van der Waals surface area contributed by atoms with Crippen LogP contribution in [-0.2, 0) is 6.54 Å². The second kappa shape index (κ2) is 9.62. The summed E-state index contributed by atoms with van der Waals surface area (Å²) in [6.07, 6.45) is 3.19. The lowest BCUT2D eigenvalue weighted by Gasteiger charge is -2.16. The zero-order chi connectivity index (χ0) is 21.7. The Morgan fingerprint density at radius 3 is 2.60 bits per heavy atom. The standard InChI is InChI=1S/C21H30N6O3/c1-5-15(6-2)27-12-24-18-19(25-21(26-20(18)27)23-10-13(3)28)22-11-14-9-16(30-4)7-8-17(14)29/h7-9,12-13,15,28-29H,5-6,10-11H2,1-4H3,(H2,22,23,25,26). The van der Waals surface area contributed by atoms with Gasteiger partial charge in [-0.2, -0.15) is 9.97 Å². The molecule has 3 rings (SSSR count). The number of hydrogen-bond acceptors (Lipinski definition) is 8. The highest BCUT2D eigenvalue weighted by Gasteiger charge is 2.17. The van der Waals surface area contributed by atoms with Gasteiger partial charge >= 0.3 is 0 Å². The minimum Gasteiger partial charge on any atom is -0.508 e. The number of ether oxygens (including phenoxy) is 1. The molecule has 9 nitrogen and oxygen atoms in total. The largest absolute Gasteiger partial charge is 0.508 e. The van der Waals surface area contributed by atoms with Gasteiger partial charge in [-0.25, -0.2) is 4.98 Å². The molecule has 3 aromatic rings. The fraction of sp³-hybridized carbons (Fsp3) is 0.476. The number of phenolic OH excluding ortho intramolecular Hbond substituents is 1. The van der Waals surface area contributed by atoms with Crippen LogP contribution in [-0.4, -0.2) is 49.5 Å². The maximum Gasteiger partial charge on any atom is 0.226 e. The number of rotatable bonds is 10. The van der Waals surface area contributed by atoms with Crippen LogP contribution < -0.4 is 15.4 Å². The molecule has 9 heteroatoms. The minimum absolute atomic E-state index is 0.170. The lowest BCUT2D eigenvalue weighted by Crippen LogP contribution is -2.18. The SMILES string of the molecule is CCC(CC)n1cnc2c(NCc3cc(OC)ccc3O)nc(NCC(C)O)nc21. The Bertz CT molecular complexity index is 984. The van der Waals surface area contributed by atoms with E-state index in [4.69, 9.17) is 4.74 Å². The maximum absolute atomic E-state index is 10.2. The number of aromatic nitrogens is 4. The van der Waals surface area contributed by atoms with Crippen LogP contribution in [0.3, 0.4) is 0 Å². The van der Waals surface area contributed by atoms with E-state index in [0.717, 1.165) is 18.5 Å².